The Balaban J connectivity index is 1.71. The van der Waals surface area contributed by atoms with Gasteiger partial charge in [0, 0.05) is 18.5 Å². The topological polar surface area (TPSA) is 53.1 Å². The van der Waals surface area contributed by atoms with E-state index in [-0.39, 0.29) is 0 Å². The first-order valence-corrected chi connectivity index (χ1v) is 6.77. The average molecular weight is 277 g/mol. The van der Waals surface area contributed by atoms with E-state index < -0.39 is 0 Å². The van der Waals surface area contributed by atoms with Crippen molar-refractivity contribution in [3.8, 4) is 6.07 Å². The van der Waals surface area contributed by atoms with Crippen molar-refractivity contribution in [2.24, 2.45) is 0 Å². The molecule has 0 aliphatic carbocycles. The van der Waals surface area contributed by atoms with Crippen LogP contribution in [-0.2, 0) is 13.1 Å². The molecule has 2 aromatic carbocycles. The van der Waals surface area contributed by atoms with Crippen LogP contribution in [-0.4, -0.2) is 17.1 Å². The minimum Gasteiger partial charge on any atom is -0.356 e. The van der Waals surface area contributed by atoms with E-state index in [1.165, 1.54) is 5.56 Å². The van der Waals surface area contributed by atoms with E-state index in [1.54, 1.807) is 0 Å². The summed E-state index contributed by atoms with van der Waals surface area (Å²) >= 11 is 0. The zero-order chi connectivity index (χ0) is 14.7. The van der Waals surface area contributed by atoms with Gasteiger partial charge in [-0.2, -0.15) is 5.26 Å². The van der Waals surface area contributed by atoms with Crippen LogP contribution in [0.1, 0.15) is 16.8 Å². The third kappa shape index (κ3) is 2.93. The van der Waals surface area contributed by atoms with E-state index in [9.17, 15) is 0 Å². The van der Waals surface area contributed by atoms with Crippen LogP contribution in [0.25, 0.3) is 11.0 Å². The molecule has 0 atom stereocenters. The van der Waals surface area contributed by atoms with E-state index in [4.69, 9.17) is 9.78 Å². The van der Waals surface area contributed by atoms with Crippen LogP contribution < -0.4 is 0 Å². The fourth-order valence-electron chi connectivity index (χ4n) is 2.36. The standard InChI is InChI=1S/C17H15N3O/c1-20(11-14-8-6-13(10-18)7-9-14)12-16-15-4-2-3-5-17(15)21-19-16/h2-9H,11-12H2,1H3. The molecule has 3 aromatic rings. The quantitative estimate of drug-likeness (QED) is 0.734. The highest BCUT2D eigenvalue weighted by Crippen LogP contribution is 2.19. The lowest BCUT2D eigenvalue weighted by atomic mass is 10.1. The molecule has 0 aliphatic heterocycles. The fraction of sp³-hybridized carbons (Fsp3) is 0.176. The summed E-state index contributed by atoms with van der Waals surface area (Å²) in [5, 5.41) is 14.0. The van der Waals surface area contributed by atoms with Gasteiger partial charge in [-0.25, -0.2) is 0 Å². The zero-order valence-corrected chi connectivity index (χ0v) is 11.8. The van der Waals surface area contributed by atoms with Gasteiger partial charge in [0.05, 0.1) is 11.6 Å². The van der Waals surface area contributed by atoms with Crippen LogP contribution in [0.15, 0.2) is 53.1 Å². The molecule has 4 nitrogen and oxygen atoms in total. The molecule has 0 saturated heterocycles. The molecule has 104 valence electrons. The minimum absolute atomic E-state index is 0.684. The summed E-state index contributed by atoms with van der Waals surface area (Å²) in [6, 6.07) is 17.7. The lowest BCUT2D eigenvalue weighted by molar-refractivity contribution is 0.306. The Bertz CT molecular complexity index is 784. The van der Waals surface area contributed by atoms with Crippen molar-refractivity contribution in [2.75, 3.05) is 7.05 Å². The third-order valence-corrected chi connectivity index (χ3v) is 3.41. The van der Waals surface area contributed by atoms with Crippen molar-refractivity contribution in [3.05, 3.63) is 65.4 Å². The van der Waals surface area contributed by atoms with Crippen molar-refractivity contribution < 1.29 is 4.52 Å². The number of rotatable bonds is 4. The van der Waals surface area contributed by atoms with Crippen molar-refractivity contribution in [2.45, 2.75) is 13.1 Å². The van der Waals surface area contributed by atoms with Gasteiger partial charge in [0.25, 0.3) is 0 Å². The minimum atomic E-state index is 0.684. The van der Waals surface area contributed by atoms with Crippen LogP contribution >= 0.6 is 0 Å². The first-order valence-electron chi connectivity index (χ1n) is 6.77. The number of nitriles is 1. The van der Waals surface area contributed by atoms with Crippen molar-refractivity contribution in [3.63, 3.8) is 0 Å². The Labute approximate surface area is 123 Å². The lowest BCUT2D eigenvalue weighted by Crippen LogP contribution is -2.17. The maximum Gasteiger partial charge on any atom is 0.167 e. The number of nitrogens with zero attached hydrogens (tertiary/aromatic N) is 3. The smallest absolute Gasteiger partial charge is 0.167 e. The second kappa shape index (κ2) is 5.78. The van der Waals surface area contributed by atoms with E-state index in [1.807, 2.05) is 55.6 Å². The van der Waals surface area contributed by atoms with Crippen LogP contribution in [0.3, 0.4) is 0 Å². The first-order chi connectivity index (χ1) is 10.3. The predicted octanol–water partition coefficient (Wildman–Crippen LogP) is 3.33. The van der Waals surface area contributed by atoms with Crippen LogP contribution in [0.2, 0.25) is 0 Å². The number of para-hydroxylation sites is 1. The molecule has 0 unspecified atom stereocenters. The molecular formula is C17H15N3O. The molecule has 1 heterocycles. The SMILES string of the molecule is CN(Cc1ccc(C#N)cc1)Cc1noc2ccccc12. The summed E-state index contributed by atoms with van der Waals surface area (Å²) < 4.78 is 5.32. The largest absolute Gasteiger partial charge is 0.356 e. The molecule has 0 N–H and O–H groups in total. The molecule has 0 saturated carbocycles. The Morgan fingerprint density at radius 2 is 1.86 bits per heavy atom. The molecule has 0 spiro atoms. The summed E-state index contributed by atoms with van der Waals surface area (Å²) in [6.45, 7) is 1.52. The maximum absolute atomic E-state index is 8.80. The second-order valence-corrected chi connectivity index (χ2v) is 5.11. The number of hydrogen-bond donors (Lipinski definition) is 0. The molecule has 4 heteroatoms. The van der Waals surface area contributed by atoms with E-state index in [2.05, 4.69) is 16.1 Å². The van der Waals surface area contributed by atoms with Gasteiger partial charge in [-0.15, -0.1) is 0 Å². The highest BCUT2D eigenvalue weighted by atomic mass is 16.5. The van der Waals surface area contributed by atoms with Gasteiger partial charge in [-0.1, -0.05) is 29.4 Å². The van der Waals surface area contributed by atoms with Crippen molar-refractivity contribution in [1.29, 1.82) is 5.26 Å². The van der Waals surface area contributed by atoms with Crippen LogP contribution in [0.4, 0.5) is 0 Å². The molecule has 0 bridgehead atoms. The van der Waals surface area contributed by atoms with Gasteiger partial charge in [0.1, 0.15) is 5.69 Å². The van der Waals surface area contributed by atoms with Gasteiger partial charge < -0.3 is 4.52 Å². The Hall–Kier alpha value is -2.64. The molecular weight excluding hydrogens is 262 g/mol. The molecule has 0 fully saturated rings. The molecule has 21 heavy (non-hydrogen) atoms. The van der Waals surface area contributed by atoms with Crippen molar-refractivity contribution >= 4 is 11.0 Å². The molecule has 3 rings (SSSR count). The number of benzene rings is 2. The zero-order valence-electron chi connectivity index (χ0n) is 11.8. The molecule has 1 aromatic heterocycles. The van der Waals surface area contributed by atoms with E-state index in [0.717, 1.165) is 29.8 Å². The summed E-state index contributed by atoms with van der Waals surface area (Å²) in [4.78, 5) is 2.17. The lowest BCUT2D eigenvalue weighted by Gasteiger charge is -2.15. The average Bonchev–Trinajstić information content (AvgIpc) is 2.91. The van der Waals surface area contributed by atoms with E-state index >= 15 is 0 Å². The summed E-state index contributed by atoms with van der Waals surface area (Å²) in [5.74, 6) is 0. The maximum atomic E-state index is 8.80. The fourth-order valence-corrected chi connectivity index (χ4v) is 2.36. The highest BCUT2D eigenvalue weighted by Gasteiger charge is 2.10. The molecule has 0 radical (unpaired) electrons. The Morgan fingerprint density at radius 1 is 1.10 bits per heavy atom. The Kier molecular flexibility index (Phi) is 3.67. The van der Waals surface area contributed by atoms with Crippen LogP contribution in [0.5, 0.6) is 0 Å². The monoisotopic (exact) mass is 277 g/mol. The van der Waals surface area contributed by atoms with Gasteiger partial charge in [-0.3, -0.25) is 4.90 Å². The second-order valence-electron chi connectivity index (χ2n) is 5.11. The summed E-state index contributed by atoms with van der Waals surface area (Å²) in [6.07, 6.45) is 0. The summed E-state index contributed by atoms with van der Waals surface area (Å²) in [5.41, 5.74) is 3.62. The third-order valence-electron chi connectivity index (χ3n) is 3.41. The number of hydrogen-bond acceptors (Lipinski definition) is 4. The van der Waals surface area contributed by atoms with Crippen molar-refractivity contribution in [1.82, 2.24) is 10.1 Å². The summed E-state index contributed by atoms with van der Waals surface area (Å²) in [7, 11) is 2.04. The van der Waals surface area contributed by atoms with Crippen LogP contribution in [0, 0.1) is 11.3 Å². The predicted molar refractivity (Wildman–Crippen MR) is 80.3 cm³/mol. The van der Waals surface area contributed by atoms with E-state index in [0.29, 0.717) is 5.56 Å². The first kappa shape index (κ1) is 13.3. The number of aromatic nitrogens is 1. The highest BCUT2D eigenvalue weighted by molar-refractivity contribution is 5.79. The molecule has 0 aliphatic rings. The van der Waals surface area contributed by atoms with Gasteiger partial charge in [0.2, 0.25) is 0 Å². The Morgan fingerprint density at radius 3 is 2.62 bits per heavy atom. The normalized spacial score (nSPS) is 10.9. The van der Waals surface area contributed by atoms with Gasteiger partial charge in [-0.05, 0) is 36.9 Å². The molecule has 0 amide bonds. The van der Waals surface area contributed by atoms with Gasteiger partial charge >= 0.3 is 0 Å². The van der Waals surface area contributed by atoms with Gasteiger partial charge in [0.15, 0.2) is 5.58 Å². The number of fused-ring (bicyclic) bond motifs is 1.